The summed E-state index contributed by atoms with van der Waals surface area (Å²) in [4.78, 5) is 12.1. The predicted octanol–water partition coefficient (Wildman–Crippen LogP) is 5.55. The van der Waals surface area contributed by atoms with Crippen LogP contribution in [-0.4, -0.2) is 18.6 Å². The van der Waals surface area contributed by atoms with E-state index in [1.807, 2.05) is 73.7 Å². The quantitative estimate of drug-likeness (QED) is 0.562. The molecular formula is C24H25NO3. The topological polar surface area (TPSA) is 47.6 Å². The zero-order valence-electron chi connectivity index (χ0n) is 16.2. The van der Waals surface area contributed by atoms with Crippen LogP contribution in [0.1, 0.15) is 20.3 Å². The van der Waals surface area contributed by atoms with E-state index < -0.39 is 0 Å². The van der Waals surface area contributed by atoms with Crippen molar-refractivity contribution in [3.63, 3.8) is 0 Å². The molecule has 0 bridgehead atoms. The van der Waals surface area contributed by atoms with E-state index in [9.17, 15) is 4.79 Å². The van der Waals surface area contributed by atoms with Gasteiger partial charge in [0.1, 0.15) is 11.5 Å². The van der Waals surface area contributed by atoms with Crippen LogP contribution >= 0.6 is 0 Å². The number of hydrogen-bond acceptors (Lipinski definition) is 3. The van der Waals surface area contributed by atoms with Gasteiger partial charge in [-0.15, -0.1) is 0 Å². The third-order valence-electron chi connectivity index (χ3n) is 4.38. The first-order valence-electron chi connectivity index (χ1n) is 9.49. The molecular weight excluding hydrogens is 350 g/mol. The molecule has 28 heavy (non-hydrogen) atoms. The highest BCUT2D eigenvalue weighted by molar-refractivity contribution is 5.91. The summed E-state index contributed by atoms with van der Waals surface area (Å²) in [5.41, 5.74) is 2.97. The van der Waals surface area contributed by atoms with Crippen LogP contribution in [0.4, 0.5) is 5.69 Å². The van der Waals surface area contributed by atoms with Gasteiger partial charge in [0.25, 0.3) is 5.91 Å². The number of amides is 1. The van der Waals surface area contributed by atoms with E-state index in [-0.39, 0.29) is 18.6 Å². The van der Waals surface area contributed by atoms with Gasteiger partial charge in [0.15, 0.2) is 6.61 Å². The van der Waals surface area contributed by atoms with Gasteiger partial charge in [0, 0.05) is 5.69 Å². The molecule has 0 heterocycles. The minimum absolute atomic E-state index is 0.0458. The fraction of sp³-hybridized carbons (Fsp3) is 0.208. The standard InChI is InChI=1S/C24H25NO3/c1-3-18(2)28-23-15-11-21(12-16-23)25-24(26)17-27-22-13-9-20(10-14-22)19-7-5-4-6-8-19/h4-16,18H,3,17H2,1-2H3,(H,25,26). The molecule has 0 aliphatic heterocycles. The molecule has 4 nitrogen and oxygen atoms in total. The lowest BCUT2D eigenvalue weighted by Gasteiger charge is -2.13. The molecule has 0 saturated carbocycles. The molecule has 1 unspecified atom stereocenters. The number of carbonyl (C=O) groups excluding carboxylic acids is 1. The molecule has 0 aliphatic rings. The lowest BCUT2D eigenvalue weighted by molar-refractivity contribution is -0.118. The molecule has 0 spiro atoms. The van der Waals surface area contributed by atoms with Crippen LogP contribution in [-0.2, 0) is 4.79 Å². The van der Waals surface area contributed by atoms with Gasteiger partial charge < -0.3 is 14.8 Å². The zero-order valence-corrected chi connectivity index (χ0v) is 16.2. The lowest BCUT2D eigenvalue weighted by atomic mass is 10.1. The molecule has 0 fully saturated rings. The zero-order chi connectivity index (χ0) is 19.8. The van der Waals surface area contributed by atoms with Crippen molar-refractivity contribution in [1.29, 1.82) is 0 Å². The van der Waals surface area contributed by atoms with Crippen molar-refractivity contribution in [3.05, 3.63) is 78.9 Å². The van der Waals surface area contributed by atoms with Crippen LogP contribution in [0.15, 0.2) is 78.9 Å². The van der Waals surface area contributed by atoms with Crippen LogP contribution in [0, 0.1) is 0 Å². The molecule has 1 N–H and O–H groups in total. The third kappa shape index (κ3) is 5.61. The van der Waals surface area contributed by atoms with Crippen molar-refractivity contribution in [2.75, 3.05) is 11.9 Å². The van der Waals surface area contributed by atoms with Gasteiger partial charge in [-0.3, -0.25) is 4.79 Å². The van der Waals surface area contributed by atoms with Crippen LogP contribution in [0.5, 0.6) is 11.5 Å². The maximum atomic E-state index is 12.1. The van der Waals surface area contributed by atoms with Gasteiger partial charge in [-0.1, -0.05) is 49.4 Å². The lowest BCUT2D eigenvalue weighted by Crippen LogP contribution is -2.20. The Balaban J connectivity index is 1.49. The molecule has 0 aliphatic carbocycles. The first-order valence-corrected chi connectivity index (χ1v) is 9.49. The summed E-state index contributed by atoms with van der Waals surface area (Å²) < 4.78 is 11.3. The second kappa shape index (κ2) is 9.60. The highest BCUT2D eigenvalue weighted by Crippen LogP contribution is 2.22. The Morgan fingerprint density at radius 2 is 1.46 bits per heavy atom. The van der Waals surface area contributed by atoms with Crippen LogP contribution in [0.3, 0.4) is 0 Å². The van der Waals surface area contributed by atoms with Gasteiger partial charge in [-0.25, -0.2) is 0 Å². The Kier molecular flexibility index (Phi) is 6.68. The summed E-state index contributed by atoms with van der Waals surface area (Å²) in [6, 6.07) is 25.2. The van der Waals surface area contributed by atoms with E-state index in [1.165, 1.54) is 0 Å². The molecule has 1 amide bonds. The summed E-state index contributed by atoms with van der Waals surface area (Å²) >= 11 is 0. The largest absolute Gasteiger partial charge is 0.491 e. The minimum atomic E-state index is -0.206. The van der Waals surface area contributed by atoms with Gasteiger partial charge in [0.2, 0.25) is 0 Å². The average molecular weight is 375 g/mol. The maximum absolute atomic E-state index is 12.1. The number of nitrogens with one attached hydrogen (secondary N) is 1. The van der Waals surface area contributed by atoms with Gasteiger partial charge >= 0.3 is 0 Å². The Morgan fingerprint density at radius 1 is 0.857 bits per heavy atom. The normalized spacial score (nSPS) is 11.5. The highest BCUT2D eigenvalue weighted by atomic mass is 16.5. The number of benzene rings is 3. The minimum Gasteiger partial charge on any atom is -0.491 e. The molecule has 1 atom stereocenters. The summed E-state index contributed by atoms with van der Waals surface area (Å²) in [6.07, 6.45) is 1.12. The monoisotopic (exact) mass is 375 g/mol. The fourth-order valence-electron chi connectivity index (χ4n) is 2.65. The molecule has 3 rings (SSSR count). The number of rotatable bonds is 8. The second-order valence-corrected chi connectivity index (χ2v) is 6.59. The van der Waals surface area contributed by atoms with Gasteiger partial charge in [-0.2, -0.15) is 0 Å². The second-order valence-electron chi connectivity index (χ2n) is 6.59. The Morgan fingerprint density at radius 3 is 2.11 bits per heavy atom. The molecule has 3 aromatic rings. The van der Waals surface area contributed by atoms with Crippen LogP contribution < -0.4 is 14.8 Å². The third-order valence-corrected chi connectivity index (χ3v) is 4.38. The first kappa shape index (κ1) is 19.5. The number of carbonyl (C=O) groups is 1. The molecule has 3 aromatic carbocycles. The van der Waals surface area contributed by atoms with Gasteiger partial charge in [0.05, 0.1) is 6.10 Å². The van der Waals surface area contributed by atoms with Crippen molar-refractivity contribution >= 4 is 11.6 Å². The van der Waals surface area contributed by atoms with Crippen molar-refractivity contribution < 1.29 is 14.3 Å². The average Bonchev–Trinajstić information content (AvgIpc) is 2.74. The van der Waals surface area contributed by atoms with Gasteiger partial charge in [-0.05, 0) is 60.9 Å². The maximum Gasteiger partial charge on any atom is 0.262 e. The summed E-state index contributed by atoms with van der Waals surface area (Å²) in [6.45, 7) is 4.06. The molecule has 4 heteroatoms. The number of ether oxygens (including phenoxy) is 2. The highest BCUT2D eigenvalue weighted by Gasteiger charge is 2.06. The summed E-state index contributed by atoms with van der Waals surface area (Å²) in [7, 11) is 0. The van der Waals surface area contributed by atoms with E-state index in [0.717, 1.165) is 23.3 Å². The van der Waals surface area contributed by atoms with Crippen molar-refractivity contribution in [3.8, 4) is 22.6 Å². The van der Waals surface area contributed by atoms with E-state index in [1.54, 1.807) is 0 Å². The van der Waals surface area contributed by atoms with E-state index in [2.05, 4.69) is 24.4 Å². The number of hydrogen-bond donors (Lipinski definition) is 1. The Hall–Kier alpha value is -3.27. The summed E-state index contributed by atoms with van der Waals surface area (Å²) in [5.74, 6) is 1.25. The summed E-state index contributed by atoms with van der Waals surface area (Å²) in [5, 5.41) is 2.82. The molecule has 0 aromatic heterocycles. The molecule has 0 saturated heterocycles. The SMILES string of the molecule is CCC(C)Oc1ccc(NC(=O)COc2ccc(-c3ccccc3)cc2)cc1. The number of anilines is 1. The van der Waals surface area contributed by atoms with Crippen LogP contribution in [0.2, 0.25) is 0 Å². The Bertz CT molecular complexity index is 874. The smallest absolute Gasteiger partial charge is 0.262 e. The van der Waals surface area contributed by atoms with E-state index in [0.29, 0.717) is 11.4 Å². The van der Waals surface area contributed by atoms with E-state index >= 15 is 0 Å². The van der Waals surface area contributed by atoms with Crippen LogP contribution in [0.25, 0.3) is 11.1 Å². The molecule has 0 radical (unpaired) electrons. The Labute approximate surface area is 166 Å². The predicted molar refractivity (Wildman–Crippen MR) is 113 cm³/mol. The van der Waals surface area contributed by atoms with Crippen molar-refractivity contribution in [1.82, 2.24) is 0 Å². The van der Waals surface area contributed by atoms with Crippen molar-refractivity contribution in [2.45, 2.75) is 26.4 Å². The fourth-order valence-corrected chi connectivity index (χ4v) is 2.65. The first-order chi connectivity index (χ1) is 13.6. The van der Waals surface area contributed by atoms with E-state index in [4.69, 9.17) is 9.47 Å². The van der Waals surface area contributed by atoms with Crippen molar-refractivity contribution in [2.24, 2.45) is 0 Å². The molecule has 144 valence electrons.